The topological polar surface area (TPSA) is 230 Å². The van der Waals surface area contributed by atoms with Crippen molar-refractivity contribution in [1.29, 1.82) is 5.41 Å². The van der Waals surface area contributed by atoms with E-state index in [1.54, 1.807) is 6.07 Å². The highest BCUT2D eigenvalue weighted by Gasteiger charge is 2.29. The Morgan fingerprint density at radius 3 is 2.07 bits per heavy atom. The summed E-state index contributed by atoms with van der Waals surface area (Å²) in [4.78, 5) is 15.4. The molecule has 0 saturated heterocycles. The molecule has 0 aliphatic heterocycles. The van der Waals surface area contributed by atoms with E-state index < -0.39 is 46.6 Å². The average Bonchev–Trinajstić information content (AvgIpc) is 2.98. The lowest BCUT2D eigenvalue weighted by Crippen LogP contribution is -2.46. The second kappa shape index (κ2) is 12.7. The molecule has 1 aromatic heterocycles. The minimum Gasteiger partial charge on any atom is -0.504 e. The van der Waals surface area contributed by atoms with Crippen molar-refractivity contribution in [1.82, 2.24) is 4.98 Å². The van der Waals surface area contributed by atoms with Crippen LogP contribution < -0.4 is 45.9 Å². The Morgan fingerprint density at radius 1 is 0.886 bits per heavy atom. The number of anilines is 1. The minimum atomic E-state index is -1.50. The number of carboxylic acids is 1. The summed E-state index contributed by atoms with van der Waals surface area (Å²) in [5.74, 6) is -9.45. The van der Waals surface area contributed by atoms with Crippen LogP contribution in [0, 0.1) is 17.0 Å². The Bertz CT molecular complexity index is 1760. The Morgan fingerprint density at radius 2 is 1.50 bits per heavy atom. The summed E-state index contributed by atoms with van der Waals surface area (Å²) in [6.45, 7) is 0. The molecule has 0 aliphatic rings. The normalized spacial score (nSPS) is 10.5. The van der Waals surface area contributed by atoms with Crippen molar-refractivity contribution in [2.45, 2.75) is 0 Å². The molecule has 0 saturated carbocycles. The Kier molecular flexibility index (Phi) is 8.83. The van der Waals surface area contributed by atoms with Gasteiger partial charge in [0.2, 0.25) is 23.1 Å². The summed E-state index contributed by atoms with van der Waals surface area (Å²) < 4.78 is 58.9. The van der Waals surface area contributed by atoms with E-state index in [0.29, 0.717) is 5.69 Å². The van der Waals surface area contributed by atoms with Crippen LogP contribution in [0.15, 0.2) is 54.6 Å². The summed E-state index contributed by atoms with van der Waals surface area (Å²) in [5, 5.41) is 35.3. The van der Waals surface area contributed by atoms with E-state index in [1.165, 1.54) is 50.6 Å². The van der Waals surface area contributed by atoms with E-state index >= 15 is 8.78 Å². The zero-order chi connectivity index (χ0) is 32.1. The molecule has 4 rings (SSSR count). The van der Waals surface area contributed by atoms with Gasteiger partial charge in [-0.25, -0.2) is 4.79 Å². The van der Waals surface area contributed by atoms with Crippen molar-refractivity contribution in [3.05, 3.63) is 77.4 Å². The number of hydrogen-bond acceptors (Lipinski definition) is 9. The Balaban J connectivity index is 1.89. The molecule has 228 valence electrons. The molecule has 10 N–H and O–H groups in total. The highest BCUT2D eigenvalue weighted by Crippen LogP contribution is 2.46. The predicted molar refractivity (Wildman–Crippen MR) is 151 cm³/mol. The number of aromatic hydroxyl groups is 1. The number of ether oxygens (including phenoxy) is 5. The maximum atomic E-state index is 15.9. The number of phenolic OH excluding ortho intramolecular Hbond substituents is 1. The fourth-order valence-corrected chi connectivity index (χ4v) is 3.70. The van der Waals surface area contributed by atoms with Gasteiger partial charge in [0.25, 0.3) is 17.6 Å². The largest absolute Gasteiger partial charge is 0.504 e. The molecular formula is C28H25F2N6O8+. The molecule has 0 unspecified atom stereocenters. The van der Waals surface area contributed by atoms with Crippen LogP contribution in [0.1, 0.15) is 15.9 Å². The molecule has 0 amide bonds. The highest BCUT2D eigenvalue weighted by molar-refractivity contribution is 5.93. The number of carbonyl (C=O) groups is 1. The first-order valence-corrected chi connectivity index (χ1v) is 12.3. The van der Waals surface area contributed by atoms with Crippen molar-refractivity contribution >= 4 is 23.5 Å². The third kappa shape index (κ3) is 6.59. The number of rotatable bonds is 11. The van der Waals surface area contributed by atoms with Gasteiger partial charge in [-0.15, -0.1) is 0 Å². The van der Waals surface area contributed by atoms with Crippen molar-refractivity contribution in [2.75, 3.05) is 19.5 Å². The first kappa shape index (κ1) is 30.6. The lowest BCUT2D eigenvalue weighted by atomic mass is 10.2. The summed E-state index contributed by atoms with van der Waals surface area (Å²) in [7, 11) is 2.35. The second-order valence-corrected chi connectivity index (χ2v) is 8.70. The lowest BCUT2D eigenvalue weighted by molar-refractivity contribution is -0.114. The fourth-order valence-electron chi connectivity index (χ4n) is 3.70. The van der Waals surface area contributed by atoms with Crippen LogP contribution in [0.25, 0.3) is 0 Å². The standard InChI is InChI=1S/C28H24F2N6O8/c1-40-18-9-13(27(38)39)10-19(41-2)22(18)44-23-20(29)25(42-15-5-3-4-14(11-15)35-28(33)34)36-26(21(23)30)43-17-8-12(24(31)32)6-7-16(17)37/h3-11,37H,1-2H3,(H3,31,32)(H,38,39)(H4,33,34,35)/p+1. The van der Waals surface area contributed by atoms with Gasteiger partial charge in [0.1, 0.15) is 5.75 Å². The number of halogens is 2. The van der Waals surface area contributed by atoms with E-state index in [2.05, 4.69) is 10.3 Å². The van der Waals surface area contributed by atoms with Gasteiger partial charge < -0.3 is 44.9 Å². The number of hydrogen-bond donors (Lipinski definition) is 7. The quantitative estimate of drug-likeness (QED) is 0.0959. The highest BCUT2D eigenvalue weighted by atomic mass is 19.1. The number of nitrogens with one attached hydrogen (secondary N) is 2. The maximum Gasteiger partial charge on any atom is 0.335 e. The van der Waals surface area contributed by atoms with E-state index in [-0.39, 0.29) is 45.9 Å². The molecule has 0 bridgehead atoms. The molecule has 16 heteroatoms. The van der Waals surface area contributed by atoms with Crippen LogP contribution in [0.2, 0.25) is 0 Å². The van der Waals surface area contributed by atoms with E-state index in [0.717, 1.165) is 12.1 Å². The first-order chi connectivity index (χ1) is 20.9. The maximum absolute atomic E-state index is 15.9. The number of pyridine rings is 1. The molecule has 4 aromatic rings. The number of benzene rings is 3. The zero-order valence-corrected chi connectivity index (χ0v) is 23.0. The summed E-state index contributed by atoms with van der Waals surface area (Å²) in [6.07, 6.45) is 0. The number of nitrogens with two attached hydrogens (primary N) is 3. The van der Waals surface area contributed by atoms with Gasteiger partial charge in [-0.2, -0.15) is 13.8 Å². The molecular weight excluding hydrogens is 586 g/mol. The third-order valence-corrected chi connectivity index (χ3v) is 5.72. The molecule has 0 atom stereocenters. The molecule has 0 radical (unpaired) electrons. The van der Waals surface area contributed by atoms with Gasteiger partial charge in [0.05, 0.1) is 25.3 Å². The van der Waals surface area contributed by atoms with Crippen LogP contribution in [-0.2, 0) is 0 Å². The predicted octanol–water partition coefficient (Wildman–Crippen LogP) is 2.93. The number of methoxy groups -OCH3 is 2. The summed E-state index contributed by atoms with van der Waals surface area (Å²) in [6, 6.07) is 11.6. The van der Waals surface area contributed by atoms with Crippen LogP contribution in [0.4, 0.5) is 14.5 Å². The molecule has 1 heterocycles. The SMILES string of the molecule is COc1cc(C(=O)O)cc(OC)c1Oc1c(F)c(Oc2cccc(NC(=N)N)c2)nc(Oc2cc(C(N)=[NH2+])ccc2O)c1F. The van der Waals surface area contributed by atoms with E-state index in [1.807, 2.05) is 0 Å². The lowest BCUT2D eigenvalue weighted by Gasteiger charge is -2.18. The van der Waals surface area contributed by atoms with Gasteiger partial charge in [0.15, 0.2) is 29.0 Å². The van der Waals surface area contributed by atoms with Crippen molar-refractivity contribution in [2.24, 2.45) is 11.5 Å². The van der Waals surface area contributed by atoms with Crippen molar-refractivity contribution < 1.29 is 52.9 Å². The number of carboxylic acid groups (broad SMARTS) is 1. The van der Waals surface area contributed by atoms with Crippen LogP contribution in [0.5, 0.6) is 52.0 Å². The number of phenols is 1. The summed E-state index contributed by atoms with van der Waals surface area (Å²) in [5.41, 5.74) is 11.2. The second-order valence-electron chi connectivity index (χ2n) is 8.70. The van der Waals surface area contributed by atoms with Crippen LogP contribution in [0.3, 0.4) is 0 Å². The number of nitrogens with zero attached hydrogens (tertiary/aromatic N) is 1. The molecule has 14 nitrogen and oxygen atoms in total. The van der Waals surface area contributed by atoms with Gasteiger partial charge in [0, 0.05) is 17.8 Å². The van der Waals surface area contributed by atoms with Crippen LogP contribution in [-0.4, -0.2) is 47.2 Å². The number of amidine groups is 1. The van der Waals surface area contributed by atoms with E-state index in [4.69, 9.17) is 46.0 Å². The monoisotopic (exact) mass is 611 g/mol. The first-order valence-electron chi connectivity index (χ1n) is 12.3. The van der Waals surface area contributed by atoms with Crippen molar-refractivity contribution in [3.63, 3.8) is 0 Å². The minimum absolute atomic E-state index is 0.0255. The Labute approximate surface area is 247 Å². The number of guanidine groups is 1. The van der Waals surface area contributed by atoms with Gasteiger partial charge in [-0.05, 0) is 36.4 Å². The molecule has 0 spiro atoms. The number of aromatic nitrogens is 1. The molecule has 44 heavy (non-hydrogen) atoms. The molecule has 3 aromatic carbocycles. The molecule has 0 aliphatic carbocycles. The van der Waals surface area contributed by atoms with Gasteiger partial charge >= 0.3 is 5.97 Å². The summed E-state index contributed by atoms with van der Waals surface area (Å²) >= 11 is 0. The van der Waals surface area contributed by atoms with E-state index in [9.17, 15) is 15.0 Å². The molecule has 0 fully saturated rings. The van der Waals surface area contributed by atoms with Gasteiger partial charge in [-0.3, -0.25) is 16.6 Å². The third-order valence-electron chi connectivity index (χ3n) is 5.72. The average molecular weight is 612 g/mol. The van der Waals surface area contributed by atoms with Crippen LogP contribution >= 0.6 is 0 Å². The Hall–Kier alpha value is -6.32. The zero-order valence-electron chi connectivity index (χ0n) is 23.0. The smallest absolute Gasteiger partial charge is 0.335 e. The fraction of sp³-hybridized carbons (Fsp3) is 0.0714. The number of aromatic carboxylic acids is 1. The van der Waals surface area contributed by atoms with Crippen molar-refractivity contribution in [3.8, 4) is 52.0 Å². The van der Waals surface area contributed by atoms with Gasteiger partial charge in [-0.1, -0.05) is 6.07 Å².